The van der Waals surface area contributed by atoms with E-state index in [9.17, 15) is 4.21 Å². The van der Waals surface area contributed by atoms with Gasteiger partial charge in [-0.2, -0.15) is 0 Å². The van der Waals surface area contributed by atoms with Gasteiger partial charge in [0, 0.05) is 5.92 Å². The van der Waals surface area contributed by atoms with E-state index in [1.54, 1.807) is 7.11 Å². The summed E-state index contributed by atoms with van der Waals surface area (Å²) >= 11 is 0. The lowest BCUT2D eigenvalue weighted by atomic mass is 9.88. The topological polar surface area (TPSA) is 38.3 Å². The van der Waals surface area contributed by atoms with Crippen molar-refractivity contribution >= 4 is 11.0 Å². The van der Waals surface area contributed by atoms with Crippen LogP contribution in [0.1, 0.15) is 38.8 Å². The van der Waals surface area contributed by atoms with Crippen molar-refractivity contribution in [3.63, 3.8) is 0 Å². The minimum atomic E-state index is -1.12. The predicted molar refractivity (Wildman–Crippen MR) is 93.2 cm³/mol. The van der Waals surface area contributed by atoms with Gasteiger partial charge in [0.05, 0.1) is 28.9 Å². The normalized spacial score (nSPS) is 20.6. The molecule has 0 unspecified atom stereocenters. The fourth-order valence-electron chi connectivity index (χ4n) is 2.35. The van der Waals surface area contributed by atoms with Crippen LogP contribution in [-0.4, -0.2) is 16.1 Å². The van der Waals surface area contributed by atoms with Crippen LogP contribution in [0.3, 0.4) is 0 Å². The zero-order chi connectivity index (χ0) is 16.2. The monoisotopic (exact) mass is 319 g/mol. The molecule has 22 heavy (non-hydrogen) atoms. The molecule has 3 atom stereocenters. The summed E-state index contributed by atoms with van der Waals surface area (Å²) in [6.45, 7) is 5.95. The predicted octanol–water partition coefficient (Wildman–Crippen LogP) is 3.92. The highest BCUT2D eigenvalue weighted by Gasteiger charge is 2.27. The van der Waals surface area contributed by atoms with Gasteiger partial charge in [0.1, 0.15) is 5.75 Å². The highest BCUT2D eigenvalue weighted by Crippen LogP contribution is 2.31. The molecule has 0 saturated heterocycles. The second-order valence-electron chi connectivity index (χ2n) is 6.46. The summed E-state index contributed by atoms with van der Waals surface area (Å²) in [5, 5.41) is 0. The first-order valence-electron chi connectivity index (χ1n) is 7.57. The van der Waals surface area contributed by atoms with E-state index in [0.717, 1.165) is 17.7 Å². The maximum Gasteiger partial charge on any atom is 0.118 e. The summed E-state index contributed by atoms with van der Waals surface area (Å²) < 4.78 is 20.8. The first-order valence-corrected chi connectivity index (χ1v) is 8.72. The van der Waals surface area contributed by atoms with Crippen molar-refractivity contribution in [1.82, 2.24) is 4.72 Å². The molecule has 2 rings (SSSR count). The number of nitrogens with one attached hydrogen (secondary N) is 1. The Balaban J connectivity index is 2.26. The summed E-state index contributed by atoms with van der Waals surface area (Å²) in [6, 6.07) is 8.01. The SMILES string of the molecule is COc1ccc([C@@H](N[S@@](=O)C(C)(C)C)[C@H]2C=CC=CC2)cc1. The molecule has 0 heterocycles. The molecular formula is C18H25NO2S. The number of allylic oxidation sites excluding steroid dienone is 3. The molecule has 1 aliphatic carbocycles. The van der Waals surface area contributed by atoms with Gasteiger partial charge in [0.15, 0.2) is 0 Å². The number of benzene rings is 1. The van der Waals surface area contributed by atoms with Gasteiger partial charge in [0.25, 0.3) is 0 Å². The fourth-order valence-corrected chi connectivity index (χ4v) is 3.25. The Morgan fingerprint density at radius 2 is 1.91 bits per heavy atom. The minimum Gasteiger partial charge on any atom is -0.497 e. The van der Waals surface area contributed by atoms with Crippen molar-refractivity contribution in [2.75, 3.05) is 7.11 Å². The number of hydrogen-bond donors (Lipinski definition) is 1. The Morgan fingerprint density at radius 3 is 2.41 bits per heavy atom. The van der Waals surface area contributed by atoms with Crippen LogP contribution in [-0.2, 0) is 11.0 Å². The molecule has 120 valence electrons. The van der Waals surface area contributed by atoms with Gasteiger partial charge in [-0.3, -0.25) is 0 Å². The molecule has 1 aromatic rings. The van der Waals surface area contributed by atoms with E-state index >= 15 is 0 Å². The Kier molecular flexibility index (Phi) is 5.59. The van der Waals surface area contributed by atoms with E-state index in [1.165, 1.54) is 0 Å². The standard InChI is InChI=1S/C18H25NO2S/c1-18(2,3)22(20)19-17(14-8-6-5-7-9-14)15-10-12-16(21-4)13-11-15/h5-8,10-14,17,19H,9H2,1-4H3/t14-,17-,22-/m0/s1. The van der Waals surface area contributed by atoms with E-state index in [4.69, 9.17) is 4.74 Å². The van der Waals surface area contributed by atoms with Crippen LogP contribution < -0.4 is 9.46 Å². The van der Waals surface area contributed by atoms with Crippen molar-refractivity contribution < 1.29 is 8.95 Å². The summed E-state index contributed by atoms with van der Waals surface area (Å²) in [7, 11) is 0.545. The van der Waals surface area contributed by atoms with Crippen LogP contribution in [0.2, 0.25) is 0 Å². The second-order valence-corrected chi connectivity index (χ2v) is 8.46. The number of rotatable bonds is 5. The van der Waals surface area contributed by atoms with Gasteiger partial charge in [-0.1, -0.05) is 36.4 Å². The highest BCUT2D eigenvalue weighted by atomic mass is 32.2. The molecule has 1 aromatic carbocycles. The van der Waals surface area contributed by atoms with Gasteiger partial charge >= 0.3 is 0 Å². The molecule has 0 saturated carbocycles. The molecule has 0 amide bonds. The lowest BCUT2D eigenvalue weighted by Crippen LogP contribution is -2.38. The van der Waals surface area contributed by atoms with Crippen molar-refractivity contribution in [2.45, 2.75) is 38.0 Å². The van der Waals surface area contributed by atoms with Crippen molar-refractivity contribution in [2.24, 2.45) is 5.92 Å². The largest absolute Gasteiger partial charge is 0.497 e. The van der Waals surface area contributed by atoms with E-state index in [1.807, 2.05) is 45.0 Å². The van der Waals surface area contributed by atoms with Gasteiger partial charge < -0.3 is 4.74 Å². The molecule has 3 nitrogen and oxygen atoms in total. The van der Waals surface area contributed by atoms with Crippen LogP contribution in [0.25, 0.3) is 0 Å². The molecule has 0 fully saturated rings. The third kappa shape index (κ3) is 4.31. The molecule has 0 aliphatic heterocycles. The molecule has 0 bridgehead atoms. The molecule has 1 N–H and O–H groups in total. The average molecular weight is 319 g/mol. The summed E-state index contributed by atoms with van der Waals surface area (Å²) in [6.07, 6.45) is 9.40. The van der Waals surface area contributed by atoms with Gasteiger partial charge in [-0.25, -0.2) is 8.93 Å². The summed E-state index contributed by atoms with van der Waals surface area (Å²) in [5.41, 5.74) is 1.13. The zero-order valence-corrected chi connectivity index (χ0v) is 14.5. The molecule has 0 spiro atoms. The third-order valence-corrected chi connectivity index (χ3v) is 5.29. The Labute approximate surface area is 136 Å². The number of ether oxygens (including phenoxy) is 1. The summed E-state index contributed by atoms with van der Waals surface area (Å²) in [5.74, 6) is 1.13. The van der Waals surface area contributed by atoms with Crippen molar-refractivity contribution in [3.8, 4) is 5.75 Å². The van der Waals surface area contributed by atoms with E-state index in [0.29, 0.717) is 5.92 Å². The molecule has 4 heteroatoms. The molecule has 0 aromatic heterocycles. The first kappa shape index (κ1) is 17.0. The minimum absolute atomic E-state index is 0.0205. The fraction of sp³-hybridized carbons (Fsp3) is 0.444. The maximum atomic E-state index is 12.5. The number of hydrogen-bond acceptors (Lipinski definition) is 2. The van der Waals surface area contributed by atoms with E-state index < -0.39 is 11.0 Å². The van der Waals surface area contributed by atoms with Gasteiger partial charge in [-0.15, -0.1) is 0 Å². The third-order valence-electron chi connectivity index (χ3n) is 3.71. The van der Waals surface area contributed by atoms with Crippen molar-refractivity contribution in [1.29, 1.82) is 0 Å². The lowest BCUT2D eigenvalue weighted by molar-refractivity contribution is 0.414. The Morgan fingerprint density at radius 1 is 1.23 bits per heavy atom. The van der Waals surface area contributed by atoms with E-state index in [-0.39, 0.29) is 10.8 Å². The highest BCUT2D eigenvalue weighted by molar-refractivity contribution is 7.84. The van der Waals surface area contributed by atoms with Crippen LogP contribution in [0.4, 0.5) is 0 Å². The zero-order valence-electron chi connectivity index (χ0n) is 13.7. The Hall–Kier alpha value is -1.39. The van der Waals surface area contributed by atoms with Crippen LogP contribution in [0, 0.1) is 5.92 Å². The maximum absolute atomic E-state index is 12.5. The molecule has 1 aliphatic rings. The average Bonchev–Trinajstić information content (AvgIpc) is 2.52. The van der Waals surface area contributed by atoms with E-state index in [2.05, 4.69) is 29.0 Å². The molecular weight excluding hydrogens is 294 g/mol. The van der Waals surface area contributed by atoms with Crippen LogP contribution in [0.5, 0.6) is 5.75 Å². The quantitative estimate of drug-likeness (QED) is 0.893. The molecule has 0 radical (unpaired) electrons. The second kappa shape index (κ2) is 7.25. The Bertz CT molecular complexity index is 570. The first-order chi connectivity index (χ1) is 10.4. The van der Waals surface area contributed by atoms with Crippen LogP contribution >= 0.6 is 0 Å². The van der Waals surface area contributed by atoms with Crippen LogP contribution in [0.15, 0.2) is 48.6 Å². The summed E-state index contributed by atoms with van der Waals surface area (Å²) in [4.78, 5) is 0. The van der Waals surface area contributed by atoms with Gasteiger partial charge in [0.2, 0.25) is 0 Å². The van der Waals surface area contributed by atoms with Crippen molar-refractivity contribution in [3.05, 3.63) is 54.1 Å². The smallest absolute Gasteiger partial charge is 0.118 e. The lowest BCUT2D eigenvalue weighted by Gasteiger charge is -2.29. The van der Waals surface area contributed by atoms with Gasteiger partial charge in [-0.05, 0) is 44.9 Å². The number of methoxy groups -OCH3 is 1.